The van der Waals surface area contributed by atoms with Gasteiger partial charge in [0.15, 0.2) is 9.87 Å². The molecule has 6 N–H and O–H groups in total. The molecule has 0 aliphatic carbocycles. The van der Waals surface area contributed by atoms with Crippen molar-refractivity contribution in [2.45, 2.75) is 35.6 Å². The van der Waals surface area contributed by atoms with Crippen molar-refractivity contribution in [2.75, 3.05) is 0 Å². The number of fused-ring (bicyclic) bond motifs is 6. The van der Waals surface area contributed by atoms with Gasteiger partial charge in [0.05, 0.1) is 65.6 Å². The van der Waals surface area contributed by atoms with E-state index in [1.54, 1.807) is 78.9 Å². The zero-order valence-corrected chi connectivity index (χ0v) is 35.7. The van der Waals surface area contributed by atoms with Gasteiger partial charge < -0.3 is 30.4 Å². The Morgan fingerprint density at radius 3 is 1.55 bits per heavy atom. The first-order chi connectivity index (χ1) is 31.7. The lowest BCUT2D eigenvalue weighted by Crippen LogP contribution is -2.41. The van der Waals surface area contributed by atoms with Crippen LogP contribution in [0.4, 0.5) is 0 Å². The number of carboxylic acid groups (broad SMARTS) is 4. The van der Waals surface area contributed by atoms with Gasteiger partial charge in [-0.05, 0) is 119 Å². The van der Waals surface area contributed by atoms with Crippen LogP contribution < -0.4 is 10.7 Å². The summed E-state index contributed by atoms with van der Waals surface area (Å²) in [7, 11) is 0. The van der Waals surface area contributed by atoms with E-state index in [-0.39, 0.29) is 36.3 Å². The van der Waals surface area contributed by atoms with Crippen molar-refractivity contribution < 1.29 is 39.6 Å². The second kappa shape index (κ2) is 17.1. The van der Waals surface area contributed by atoms with Crippen LogP contribution in [0.5, 0.6) is 0 Å². The number of allylic oxidation sites excluding steroid dienone is 3. The molecule has 2 atom stereocenters. The molecule has 6 aromatic heterocycles. The number of nitrogens with one attached hydrogen (secondary N) is 2. The molecule has 16 nitrogen and oxygen atoms in total. The van der Waals surface area contributed by atoms with Gasteiger partial charge in [-0.25, -0.2) is 4.99 Å². The third-order valence-corrected chi connectivity index (χ3v) is 12.3. The quantitative estimate of drug-likeness (QED) is 0.0719. The van der Waals surface area contributed by atoms with Gasteiger partial charge in [-0.1, -0.05) is 11.6 Å². The van der Waals surface area contributed by atoms with E-state index >= 15 is 0 Å². The van der Waals surface area contributed by atoms with Crippen molar-refractivity contribution in [1.29, 1.82) is 0 Å². The SMILES string of the molecule is O=C(O)Cc1cc(C2=C3C=CC(=N3)C(c3ccnc(CC(=O)O)c3)=c3ccc([nH]3)=C(c3ccnc(CC(=O)O)c3)C3=NC(Cl)(C=C3)C(Cl)(c3ccnc(CC(=O)O)c3)c3ccc2[nH]3)ccn1. The highest BCUT2D eigenvalue weighted by Crippen LogP contribution is 2.53. The third kappa shape index (κ3) is 8.26. The standard InChI is InChI=1S/C48H34Cl2N8O8/c49-47-12-7-38(58-47)46(27-10-15-53-31(19-27)23-42(63)64)36-4-3-34(56-36)44(25-8-13-51-29(17-25)21-40(59)60)33-1-2-35(55-33)45(26-9-14-52-30(18-26)22-41(61)62)37-5-6-39(57-37)48(47,50)28-11-16-54-32(20-28)24-43(65)66/h1-20,56-57H,21-24H2,(H,59,60)(H,61,62)(H,63,64)(H,65,66). The number of nitrogens with zero attached hydrogens (tertiary/aromatic N) is 6. The summed E-state index contributed by atoms with van der Waals surface area (Å²) >= 11 is 15.7. The second-order valence-corrected chi connectivity index (χ2v) is 16.6. The predicted molar refractivity (Wildman–Crippen MR) is 243 cm³/mol. The first-order valence-electron chi connectivity index (χ1n) is 20.2. The zero-order chi connectivity index (χ0) is 46.3. The number of carboxylic acids is 4. The summed E-state index contributed by atoms with van der Waals surface area (Å²) in [5.74, 6) is -4.33. The topological polar surface area (TPSA) is 257 Å². The van der Waals surface area contributed by atoms with E-state index in [9.17, 15) is 39.6 Å². The second-order valence-electron chi connectivity index (χ2n) is 15.5. The molecule has 0 saturated heterocycles. The Hall–Kier alpha value is -8.08. The maximum absolute atomic E-state index is 11.9. The number of aromatic nitrogens is 6. The van der Waals surface area contributed by atoms with E-state index in [0.29, 0.717) is 83.9 Å². The minimum absolute atomic E-state index is 0.208. The van der Waals surface area contributed by atoms with E-state index in [2.05, 4.69) is 29.9 Å². The Kier molecular flexibility index (Phi) is 11.2. The molecule has 0 saturated carbocycles. The molecule has 3 aliphatic rings. The summed E-state index contributed by atoms with van der Waals surface area (Å²) in [4.78, 5) is 78.3. The van der Waals surface area contributed by atoms with Crippen LogP contribution in [0.3, 0.4) is 0 Å². The van der Waals surface area contributed by atoms with Crippen LogP contribution in [0.1, 0.15) is 56.4 Å². The van der Waals surface area contributed by atoms with Gasteiger partial charge in [-0.3, -0.25) is 44.1 Å². The van der Waals surface area contributed by atoms with E-state index in [0.717, 1.165) is 0 Å². The molecule has 2 unspecified atom stereocenters. The van der Waals surface area contributed by atoms with Gasteiger partial charge in [-0.15, -0.1) is 11.6 Å². The fraction of sp³-hybridized carbons (Fsp3) is 0.125. The van der Waals surface area contributed by atoms with Crippen LogP contribution in [0, 0.1) is 0 Å². The zero-order valence-electron chi connectivity index (χ0n) is 34.2. The minimum Gasteiger partial charge on any atom is -0.481 e. The summed E-state index contributed by atoms with van der Waals surface area (Å²) < 4.78 is 0. The van der Waals surface area contributed by atoms with Crippen molar-refractivity contribution in [1.82, 2.24) is 29.9 Å². The van der Waals surface area contributed by atoms with E-state index in [4.69, 9.17) is 33.2 Å². The van der Waals surface area contributed by atoms with Gasteiger partial charge in [0, 0.05) is 63.6 Å². The lowest BCUT2D eigenvalue weighted by atomic mass is 9.87. The number of aliphatic carboxylic acids is 4. The highest BCUT2D eigenvalue weighted by molar-refractivity contribution is 6.40. The average molecular weight is 922 g/mol. The number of hydrogen-bond acceptors (Lipinski definition) is 10. The fourth-order valence-electron chi connectivity index (χ4n) is 8.31. The monoisotopic (exact) mass is 920 g/mol. The van der Waals surface area contributed by atoms with E-state index in [1.165, 1.54) is 24.8 Å². The lowest BCUT2D eigenvalue weighted by molar-refractivity contribution is -0.137. The molecule has 0 fully saturated rings. The highest BCUT2D eigenvalue weighted by Gasteiger charge is 2.54. The molecule has 0 aromatic carbocycles. The average Bonchev–Trinajstić information content (AvgIpc) is 4.10. The molecule has 0 radical (unpaired) electrons. The number of carbonyl (C=O) groups is 4. The Bertz CT molecular complexity index is 3350. The van der Waals surface area contributed by atoms with Gasteiger partial charge in [-0.2, -0.15) is 0 Å². The summed E-state index contributed by atoms with van der Waals surface area (Å²) in [5, 5.41) is 39.9. The fourth-order valence-corrected chi connectivity index (χ4v) is 9.01. The van der Waals surface area contributed by atoms with Crippen LogP contribution in [0.2, 0.25) is 0 Å². The number of rotatable bonds is 12. The summed E-state index contributed by atoms with van der Waals surface area (Å²) in [6, 6.07) is 20.5. The Labute approximate surface area is 383 Å². The van der Waals surface area contributed by atoms with Crippen molar-refractivity contribution >= 4 is 75.2 Å². The molecule has 6 aromatic rings. The molecular formula is C48H34Cl2N8O8. The number of hydrogen-bond donors (Lipinski definition) is 6. The first kappa shape index (κ1) is 43.2. The first-order valence-corrected chi connectivity index (χ1v) is 20.9. The molecule has 9 rings (SSSR count). The number of alkyl halides is 2. The highest BCUT2D eigenvalue weighted by atomic mass is 35.5. The normalized spacial score (nSPS) is 18.6. The summed E-state index contributed by atoms with van der Waals surface area (Å²) in [5.41, 5.74) is 6.81. The van der Waals surface area contributed by atoms with Crippen molar-refractivity contribution in [3.05, 3.63) is 195 Å². The van der Waals surface area contributed by atoms with Crippen LogP contribution in [0.25, 0.3) is 16.7 Å². The van der Waals surface area contributed by atoms with Crippen LogP contribution in [-0.4, -0.2) is 90.6 Å². The van der Waals surface area contributed by atoms with Gasteiger partial charge in [0.25, 0.3) is 0 Å². The van der Waals surface area contributed by atoms with Gasteiger partial charge in [0.1, 0.15) is 0 Å². The molecule has 0 amide bonds. The third-order valence-electron chi connectivity index (χ3n) is 11.0. The van der Waals surface area contributed by atoms with E-state index < -0.39 is 40.2 Å². The number of aliphatic imine (C=N–C) groups is 2. The number of aromatic amines is 2. The molecule has 18 heteroatoms. The van der Waals surface area contributed by atoms with Gasteiger partial charge >= 0.3 is 23.9 Å². The molecule has 0 spiro atoms. The summed E-state index contributed by atoms with van der Waals surface area (Å²) in [6.07, 6.45) is 11.5. The Morgan fingerprint density at radius 2 is 1.02 bits per heavy atom. The summed E-state index contributed by atoms with van der Waals surface area (Å²) in [6.45, 7) is 0. The Morgan fingerprint density at radius 1 is 0.530 bits per heavy atom. The van der Waals surface area contributed by atoms with Crippen LogP contribution in [0.15, 0.2) is 138 Å². The minimum atomic E-state index is -1.84. The molecule has 3 aliphatic heterocycles. The molecule has 66 heavy (non-hydrogen) atoms. The Balaban J connectivity index is 1.40. The molecule has 9 heterocycles. The number of halogens is 2. The maximum atomic E-state index is 11.9. The van der Waals surface area contributed by atoms with Crippen molar-refractivity contribution in [3.8, 4) is 0 Å². The number of pyridine rings is 4. The van der Waals surface area contributed by atoms with Crippen molar-refractivity contribution in [2.24, 2.45) is 9.98 Å². The van der Waals surface area contributed by atoms with Crippen LogP contribution >= 0.6 is 23.2 Å². The predicted octanol–water partition coefficient (Wildman–Crippen LogP) is 4.74. The molecular weight excluding hydrogens is 887 g/mol. The van der Waals surface area contributed by atoms with Gasteiger partial charge in [0.2, 0.25) is 0 Å². The lowest BCUT2D eigenvalue weighted by Gasteiger charge is -2.37. The van der Waals surface area contributed by atoms with Crippen molar-refractivity contribution in [3.63, 3.8) is 0 Å². The van der Waals surface area contributed by atoms with Crippen LogP contribution in [-0.2, 0) is 49.7 Å². The maximum Gasteiger partial charge on any atom is 0.309 e. The molecule has 328 valence electrons. The molecule has 8 bridgehead atoms. The smallest absolute Gasteiger partial charge is 0.309 e. The largest absolute Gasteiger partial charge is 0.481 e. The van der Waals surface area contributed by atoms with E-state index in [1.807, 2.05) is 18.2 Å². The number of H-pyrrole nitrogens is 2.